The highest BCUT2D eigenvalue weighted by Crippen LogP contribution is 2.14. The maximum atomic E-state index is 10.2. The summed E-state index contributed by atoms with van der Waals surface area (Å²) in [5, 5.41) is 18.1. The minimum Gasteiger partial charge on any atom is -0.481 e. The zero-order valence-corrected chi connectivity index (χ0v) is 9.33. The Bertz CT molecular complexity index is 403. The van der Waals surface area contributed by atoms with Gasteiger partial charge in [0.2, 0.25) is 0 Å². The quantitative estimate of drug-likeness (QED) is 0.492. The lowest BCUT2D eigenvalue weighted by atomic mass is 10.2. The number of carboxylic acids is 1. The van der Waals surface area contributed by atoms with E-state index in [4.69, 9.17) is 5.11 Å². The summed E-state index contributed by atoms with van der Waals surface area (Å²) in [6.45, 7) is 1.72. The first-order chi connectivity index (χ1) is 7.99. The fourth-order valence-corrected chi connectivity index (χ4v) is 0.951. The molecule has 1 aromatic carbocycles. The van der Waals surface area contributed by atoms with Gasteiger partial charge in [-0.25, -0.2) is 0 Å². The number of carboxylic acid groups (broad SMARTS) is 1. The van der Waals surface area contributed by atoms with Crippen LogP contribution in [-0.2, 0) is 9.59 Å². The van der Waals surface area contributed by atoms with Gasteiger partial charge in [0.05, 0.1) is 11.3 Å². The van der Waals surface area contributed by atoms with Gasteiger partial charge in [0.25, 0.3) is 5.69 Å². The molecule has 0 aromatic heterocycles. The molecule has 0 radical (unpaired) electrons. The summed E-state index contributed by atoms with van der Waals surface area (Å²) in [6.07, 6.45) is 0.660. The number of carbonyl (C=O) groups is 2. The van der Waals surface area contributed by atoms with Gasteiger partial charge >= 0.3 is 5.97 Å². The minimum atomic E-state index is -0.924. The second-order valence-electron chi connectivity index (χ2n) is 3.14. The Kier molecular flexibility index (Phi) is 6.92. The van der Waals surface area contributed by atoms with Crippen LogP contribution in [0.5, 0.6) is 0 Å². The normalized spacial score (nSPS) is 8.76. The molecule has 0 bridgehead atoms. The monoisotopic (exact) mass is 239 g/mol. The lowest BCUT2D eigenvalue weighted by Gasteiger charge is -1.92. The Hall–Kier alpha value is -2.24. The number of hydrogen-bond acceptors (Lipinski definition) is 4. The molecule has 6 nitrogen and oxygen atoms in total. The molecule has 0 saturated heterocycles. The third-order valence-corrected chi connectivity index (χ3v) is 1.79. The zero-order valence-electron chi connectivity index (χ0n) is 9.33. The summed E-state index contributed by atoms with van der Waals surface area (Å²) in [7, 11) is 0. The Morgan fingerprint density at radius 1 is 1.47 bits per heavy atom. The molecule has 1 N–H and O–H groups in total. The van der Waals surface area contributed by atoms with E-state index in [9.17, 15) is 19.7 Å². The van der Waals surface area contributed by atoms with Crippen molar-refractivity contribution >= 4 is 17.9 Å². The number of nitro groups is 1. The lowest BCUT2D eigenvalue weighted by Crippen LogP contribution is -1.93. The van der Waals surface area contributed by atoms with E-state index >= 15 is 0 Å². The molecule has 0 atom stereocenters. The van der Waals surface area contributed by atoms with Crippen molar-refractivity contribution in [3.8, 4) is 0 Å². The van der Waals surface area contributed by atoms with E-state index in [-0.39, 0.29) is 23.5 Å². The molecule has 0 unspecified atom stereocenters. The summed E-state index contributed by atoms with van der Waals surface area (Å²) >= 11 is 0. The van der Waals surface area contributed by atoms with Crippen LogP contribution in [0.3, 0.4) is 0 Å². The van der Waals surface area contributed by atoms with Crippen molar-refractivity contribution in [1.82, 2.24) is 0 Å². The van der Waals surface area contributed by atoms with Crippen LogP contribution in [0, 0.1) is 17.0 Å². The second kappa shape index (κ2) is 7.98. The van der Waals surface area contributed by atoms with Crippen molar-refractivity contribution in [3.05, 3.63) is 39.9 Å². The highest BCUT2D eigenvalue weighted by atomic mass is 16.6. The number of aryl methyl sites for hydroxylation is 1. The molecular formula is C11H13NO5. The van der Waals surface area contributed by atoms with Crippen molar-refractivity contribution in [2.45, 2.75) is 19.8 Å². The van der Waals surface area contributed by atoms with Crippen molar-refractivity contribution in [2.24, 2.45) is 0 Å². The fraction of sp³-hybridized carbons (Fsp3) is 0.273. The molecule has 0 spiro atoms. The number of aldehydes is 1. The highest BCUT2D eigenvalue weighted by Gasteiger charge is 2.05. The standard InChI is InChI=1S/C7H7NO2.C4H6O3/c1-6-4-2-3-5-7(6)8(9)10;5-3-1-2-4(6)7/h2-5H,1H3;3H,1-2H2,(H,6,7). The van der Waals surface area contributed by atoms with Gasteiger partial charge in [0.1, 0.15) is 6.29 Å². The summed E-state index contributed by atoms with van der Waals surface area (Å²) in [6, 6.07) is 6.65. The number of aliphatic carboxylic acids is 1. The van der Waals surface area contributed by atoms with E-state index in [0.29, 0.717) is 11.8 Å². The molecule has 0 aliphatic carbocycles. The van der Waals surface area contributed by atoms with Gasteiger partial charge < -0.3 is 9.90 Å². The zero-order chi connectivity index (χ0) is 13.3. The molecule has 0 aliphatic rings. The van der Waals surface area contributed by atoms with Gasteiger partial charge in [-0.15, -0.1) is 0 Å². The van der Waals surface area contributed by atoms with E-state index in [2.05, 4.69) is 0 Å². The summed E-state index contributed by atoms with van der Waals surface area (Å²) in [5.74, 6) is -0.924. The summed E-state index contributed by atoms with van der Waals surface area (Å²) in [4.78, 5) is 28.9. The fourth-order valence-electron chi connectivity index (χ4n) is 0.951. The largest absolute Gasteiger partial charge is 0.481 e. The van der Waals surface area contributed by atoms with Crippen LogP contribution in [0.25, 0.3) is 0 Å². The molecular weight excluding hydrogens is 226 g/mol. The van der Waals surface area contributed by atoms with Crippen LogP contribution >= 0.6 is 0 Å². The number of carbonyl (C=O) groups excluding carboxylic acids is 1. The van der Waals surface area contributed by atoms with E-state index in [1.54, 1.807) is 25.1 Å². The van der Waals surface area contributed by atoms with Crippen molar-refractivity contribution in [1.29, 1.82) is 0 Å². The second-order valence-corrected chi connectivity index (χ2v) is 3.14. The SMILES string of the molecule is Cc1ccccc1[N+](=O)[O-].O=CCCC(=O)O. The van der Waals surface area contributed by atoms with Crippen LogP contribution in [0.1, 0.15) is 18.4 Å². The van der Waals surface area contributed by atoms with E-state index < -0.39 is 5.97 Å². The molecule has 92 valence electrons. The first-order valence-electron chi connectivity index (χ1n) is 4.84. The maximum Gasteiger partial charge on any atom is 0.303 e. The average Bonchev–Trinajstić information content (AvgIpc) is 2.27. The smallest absolute Gasteiger partial charge is 0.303 e. The van der Waals surface area contributed by atoms with Gasteiger partial charge in [0.15, 0.2) is 0 Å². The molecule has 0 amide bonds. The number of benzene rings is 1. The van der Waals surface area contributed by atoms with Crippen molar-refractivity contribution in [2.75, 3.05) is 0 Å². The van der Waals surface area contributed by atoms with Gasteiger partial charge in [-0.1, -0.05) is 18.2 Å². The van der Waals surface area contributed by atoms with Crippen LogP contribution in [0.15, 0.2) is 24.3 Å². The molecule has 1 aromatic rings. The molecule has 0 heterocycles. The van der Waals surface area contributed by atoms with Crippen LogP contribution < -0.4 is 0 Å². The Labute approximate surface area is 98.0 Å². The number of rotatable bonds is 4. The van der Waals surface area contributed by atoms with E-state index in [1.165, 1.54) is 6.07 Å². The summed E-state index contributed by atoms with van der Waals surface area (Å²) in [5.41, 5.74) is 0.884. The molecule has 6 heteroatoms. The van der Waals surface area contributed by atoms with Gasteiger partial charge in [-0.3, -0.25) is 14.9 Å². The van der Waals surface area contributed by atoms with Gasteiger partial charge in [-0.05, 0) is 6.92 Å². The van der Waals surface area contributed by atoms with Crippen LogP contribution in [-0.4, -0.2) is 22.3 Å². The molecule has 0 saturated carbocycles. The molecule has 17 heavy (non-hydrogen) atoms. The highest BCUT2D eigenvalue weighted by molar-refractivity contribution is 5.70. The third kappa shape index (κ3) is 6.77. The van der Waals surface area contributed by atoms with Gasteiger partial charge in [-0.2, -0.15) is 0 Å². The topological polar surface area (TPSA) is 97.5 Å². The van der Waals surface area contributed by atoms with Crippen molar-refractivity contribution in [3.63, 3.8) is 0 Å². The van der Waals surface area contributed by atoms with Crippen molar-refractivity contribution < 1.29 is 19.6 Å². The minimum absolute atomic E-state index is 0.0521. The number of nitrogens with zero attached hydrogens (tertiary/aromatic N) is 1. The number of hydrogen-bond donors (Lipinski definition) is 1. The lowest BCUT2D eigenvalue weighted by molar-refractivity contribution is -0.385. The number of para-hydroxylation sites is 1. The Morgan fingerprint density at radius 2 is 2.06 bits per heavy atom. The average molecular weight is 239 g/mol. The van der Waals surface area contributed by atoms with E-state index in [0.717, 1.165) is 0 Å². The Balaban J connectivity index is 0.000000325. The first kappa shape index (κ1) is 14.8. The maximum absolute atomic E-state index is 10.2. The van der Waals surface area contributed by atoms with Gasteiger partial charge in [0, 0.05) is 18.1 Å². The van der Waals surface area contributed by atoms with E-state index in [1.807, 2.05) is 0 Å². The molecule has 0 fully saturated rings. The van der Waals surface area contributed by atoms with Crippen LogP contribution in [0.2, 0.25) is 0 Å². The predicted molar refractivity (Wildman–Crippen MR) is 60.8 cm³/mol. The molecule has 0 aliphatic heterocycles. The third-order valence-electron chi connectivity index (χ3n) is 1.79. The summed E-state index contributed by atoms with van der Waals surface area (Å²) < 4.78 is 0. The van der Waals surface area contributed by atoms with Crippen LogP contribution in [0.4, 0.5) is 5.69 Å². The Morgan fingerprint density at radius 3 is 2.35 bits per heavy atom. The number of nitro benzene ring substituents is 1. The first-order valence-corrected chi connectivity index (χ1v) is 4.84. The predicted octanol–water partition coefficient (Wildman–Crippen LogP) is 1.95. The molecule has 1 rings (SSSR count).